The Hall–Kier alpha value is -0.860. The topological polar surface area (TPSA) is 46.2 Å². The lowest BCUT2D eigenvalue weighted by Crippen LogP contribution is -2.36. The molecule has 16 heavy (non-hydrogen) atoms. The highest BCUT2D eigenvalue weighted by Gasteiger charge is 2.29. The minimum Gasteiger partial charge on any atom is -0.384 e. The minimum absolute atomic E-state index is 0.283. The zero-order chi connectivity index (χ0) is 12.0. The van der Waals surface area contributed by atoms with Gasteiger partial charge in [0.2, 0.25) is 0 Å². The first-order chi connectivity index (χ1) is 7.62. The van der Waals surface area contributed by atoms with Gasteiger partial charge in [0.05, 0.1) is 0 Å². The number of hydrogen-bond acceptors (Lipinski definition) is 2. The van der Waals surface area contributed by atoms with Gasteiger partial charge in [0.15, 0.2) is 0 Å². The zero-order valence-electron chi connectivity index (χ0n) is 10.3. The molecule has 3 N–H and O–H groups in total. The molecule has 1 aromatic rings. The predicted octanol–water partition coefficient (Wildman–Crippen LogP) is 2.66. The molecule has 0 radical (unpaired) electrons. The molecule has 0 aliphatic carbocycles. The average molecular weight is 221 g/mol. The Labute approximate surface area is 98.5 Å². The third-order valence-corrected chi connectivity index (χ3v) is 3.12. The Bertz CT molecular complexity index is 299. The first-order valence-corrected chi connectivity index (χ1v) is 6.10. The number of rotatable bonds is 6. The summed E-state index contributed by atoms with van der Waals surface area (Å²) in [6.45, 7) is 4.62. The number of nitrogens with two attached hydrogens (primary N) is 1. The molecule has 1 rings (SSSR count). The maximum absolute atomic E-state index is 10.6. The number of hydrogen-bond donors (Lipinski definition) is 2. The van der Waals surface area contributed by atoms with Gasteiger partial charge in [-0.15, -0.1) is 0 Å². The molecule has 2 heteroatoms. The van der Waals surface area contributed by atoms with E-state index in [2.05, 4.69) is 13.8 Å². The highest BCUT2D eigenvalue weighted by molar-refractivity contribution is 5.22. The average Bonchev–Trinajstić information content (AvgIpc) is 2.30. The van der Waals surface area contributed by atoms with Crippen LogP contribution in [-0.2, 0) is 5.60 Å². The molecule has 0 bridgehead atoms. The van der Waals surface area contributed by atoms with Crippen molar-refractivity contribution in [3.63, 3.8) is 0 Å². The smallest absolute Gasteiger partial charge is 0.102 e. The van der Waals surface area contributed by atoms with Crippen LogP contribution in [0.5, 0.6) is 0 Å². The maximum atomic E-state index is 10.6. The fraction of sp³-hybridized carbons (Fsp3) is 0.571. The van der Waals surface area contributed by atoms with E-state index in [1.165, 1.54) is 0 Å². The summed E-state index contributed by atoms with van der Waals surface area (Å²) in [4.78, 5) is 0. The molecule has 0 saturated carbocycles. The third-order valence-electron chi connectivity index (χ3n) is 3.12. The molecule has 2 nitrogen and oxygen atoms in total. The second kappa shape index (κ2) is 6.02. The van der Waals surface area contributed by atoms with Crippen molar-refractivity contribution in [1.82, 2.24) is 0 Å². The van der Waals surface area contributed by atoms with Crippen LogP contribution < -0.4 is 5.73 Å². The fourth-order valence-electron chi connectivity index (χ4n) is 2.24. The van der Waals surface area contributed by atoms with E-state index in [4.69, 9.17) is 5.73 Å². The van der Waals surface area contributed by atoms with E-state index in [1.54, 1.807) is 0 Å². The van der Waals surface area contributed by atoms with Crippen molar-refractivity contribution >= 4 is 0 Å². The van der Waals surface area contributed by atoms with E-state index in [0.29, 0.717) is 5.92 Å². The molecular formula is C14H23NO. The summed E-state index contributed by atoms with van der Waals surface area (Å²) in [5.41, 5.74) is 5.80. The number of aliphatic hydroxyl groups is 1. The molecule has 0 aliphatic heterocycles. The van der Waals surface area contributed by atoms with Gasteiger partial charge in [-0.2, -0.15) is 0 Å². The van der Waals surface area contributed by atoms with E-state index in [1.807, 2.05) is 30.3 Å². The molecule has 0 amide bonds. The summed E-state index contributed by atoms with van der Waals surface area (Å²) < 4.78 is 0. The van der Waals surface area contributed by atoms with Crippen molar-refractivity contribution in [1.29, 1.82) is 0 Å². The van der Waals surface area contributed by atoms with Crippen LogP contribution in [0.25, 0.3) is 0 Å². The molecule has 0 saturated heterocycles. The van der Waals surface area contributed by atoms with Crippen molar-refractivity contribution < 1.29 is 5.11 Å². The Kier molecular flexibility index (Phi) is 4.97. The van der Waals surface area contributed by atoms with Crippen molar-refractivity contribution in [2.75, 3.05) is 6.54 Å². The standard InChI is InChI=1S/C14H23NO/c1-3-7-12(2)10-14(16,11-15)13-8-5-4-6-9-13/h4-6,8-9,12,16H,3,7,10-11,15H2,1-2H3. The SMILES string of the molecule is CCCC(C)CC(O)(CN)c1ccccc1. The van der Waals surface area contributed by atoms with Crippen LogP contribution in [0, 0.1) is 5.92 Å². The fourth-order valence-corrected chi connectivity index (χ4v) is 2.24. The Morgan fingerprint density at radius 1 is 1.31 bits per heavy atom. The lowest BCUT2D eigenvalue weighted by Gasteiger charge is -2.30. The lowest BCUT2D eigenvalue weighted by atomic mass is 9.83. The van der Waals surface area contributed by atoms with E-state index in [0.717, 1.165) is 24.8 Å². The Morgan fingerprint density at radius 3 is 2.44 bits per heavy atom. The molecule has 90 valence electrons. The first-order valence-electron chi connectivity index (χ1n) is 6.10. The highest BCUT2D eigenvalue weighted by Crippen LogP contribution is 2.29. The van der Waals surface area contributed by atoms with E-state index in [-0.39, 0.29) is 6.54 Å². The van der Waals surface area contributed by atoms with Gasteiger partial charge in [0.1, 0.15) is 5.60 Å². The van der Waals surface area contributed by atoms with Gasteiger partial charge in [-0.3, -0.25) is 0 Å². The third kappa shape index (κ3) is 3.32. The molecule has 0 aromatic heterocycles. The Balaban J connectivity index is 2.78. The summed E-state index contributed by atoms with van der Waals surface area (Å²) in [6.07, 6.45) is 3.02. The molecule has 0 fully saturated rings. The van der Waals surface area contributed by atoms with Crippen LogP contribution in [0.1, 0.15) is 38.7 Å². The van der Waals surface area contributed by atoms with Gasteiger partial charge in [-0.05, 0) is 17.9 Å². The molecule has 2 atom stereocenters. The van der Waals surface area contributed by atoms with Crippen molar-refractivity contribution in [2.45, 2.75) is 38.7 Å². The first kappa shape index (κ1) is 13.2. The van der Waals surface area contributed by atoms with Crippen molar-refractivity contribution in [3.8, 4) is 0 Å². The molecule has 0 heterocycles. The van der Waals surface area contributed by atoms with Crippen LogP contribution in [0.15, 0.2) is 30.3 Å². The molecule has 2 unspecified atom stereocenters. The largest absolute Gasteiger partial charge is 0.384 e. The summed E-state index contributed by atoms with van der Waals surface area (Å²) in [7, 11) is 0. The van der Waals surface area contributed by atoms with Crippen LogP contribution >= 0.6 is 0 Å². The Morgan fingerprint density at radius 2 is 1.94 bits per heavy atom. The van der Waals surface area contributed by atoms with E-state index in [9.17, 15) is 5.11 Å². The van der Waals surface area contributed by atoms with Gasteiger partial charge in [-0.1, -0.05) is 57.0 Å². The highest BCUT2D eigenvalue weighted by atomic mass is 16.3. The van der Waals surface area contributed by atoms with Crippen LogP contribution in [0.2, 0.25) is 0 Å². The van der Waals surface area contributed by atoms with Gasteiger partial charge >= 0.3 is 0 Å². The van der Waals surface area contributed by atoms with Gasteiger partial charge in [-0.25, -0.2) is 0 Å². The zero-order valence-corrected chi connectivity index (χ0v) is 10.3. The molecular weight excluding hydrogens is 198 g/mol. The van der Waals surface area contributed by atoms with Crippen LogP contribution in [-0.4, -0.2) is 11.7 Å². The van der Waals surface area contributed by atoms with Gasteiger partial charge < -0.3 is 10.8 Å². The van der Waals surface area contributed by atoms with Gasteiger partial charge in [0.25, 0.3) is 0 Å². The summed E-state index contributed by atoms with van der Waals surface area (Å²) in [5.74, 6) is 0.499. The van der Waals surface area contributed by atoms with E-state index < -0.39 is 5.60 Å². The monoisotopic (exact) mass is 221 g/mol. The molecule has 0 aliphatic rings. The van der Waals surface area contributed by atoms with Crippen LogP contribution in [0.3, 0.4) is 0 Å². The van der Waals surface area contributed by atoms with Gasteiger partial charge in [0, 0.05) is 6.54 Å². The van der Waals surface area contributed by atoms with Crippen molar-refractivity contribution in [2.24, 2.45) is 11.7 Å². The quantitative estimate of drug-likeness (QED) is 0.775. The minimum atomic E-state index is -0.865. The predicted molar refractivity (Wildman–Crippen MR) is 68.1 cm³/mol. The van der Waals surface area contributed by atoms with Crippen molar-refractivity contribution in [3.05, 3.63) is 35.9 Å². The number of benzene rings is 1. The molecule has 1 aromatic carbocycles. The second-order valence-electron chi connectivity index (χ2n) is 4.70. The summed E-state index contributed by atoms with van der Waals surface area (Å²) >= 11 is 0. The molecule has 0 spiro atoms. The van der Waals surface area contributed by atoms with Crippen LogP contribution in [0.4, 0.5) is 0 Å². The normalized spacial score (nSPS) is 16.8. The second-order valence-corrected chi connectivity index (χ2v) is 4.70. The summed E-state index contributed by atoms with van der Waals surface area (Å²) in [6, 6.07) is 9.74. The summed E-state index contributed by atoms with van der Waals surface area (Å²) in [5, 5.41) is 10.6. The maximum Gasteiger partial charge on any atom is 0.102 e. The lowest BCUT2D eigenvalue weighted by molar-refractivity contribution is 0.0208. The van der Waals surface area contributed by atoms with E-state index >= 15 is 0 Å².